The minimum atomic E-state index is 0.340. The second-order valence-electron chi connectivity index (χ2n) is 3.77. The molecular formula is C11H16N2O. The summed E-state index contributed by atoms with van der Waals surface area (Å²) in [5.74, 6) is 0.938. The Kier molecular flexibility index (Phi) is 2.70. The fraction of sp³-hybridized carbons (Fsp3) is 0.455. The molecule has 0 bridgehead atoms. The lowest BCUT2D eigenvalue weighted by Crippen LogP contribution is -2.51. The molecule has 1 heterocycles. The third kappa shape index (κ3) is 1.89. The van der Waals surface area contributed by atoms with Crippen molar-refractivity contribution in [3.8, 4) is 5.75 Å². The first-order valence-electron chi connectivity index (χ1n) is 4.93. The maximum absolute atomic E-state index is 5.82. The fourth-order valence-electron chi connectivity index (χ4n) is 1.68. The highest BCUT2D eigenvalue weighted by Crippen LogP contribution is 2.21. The first kappa shape index (κ1) is 9.49. The maximum Gasteiger partial charge on any atom is 0.124 e. The van der Waals surface area contributed by atoms with E-state index in [1.54, 1.807) is 0 Å². The largest absolute Gasteiger partial charge is 0.487 e. The zero-order valence-corrected chi connectivity index (χ0v) is 8.44. The van der Waals surface area contributed by atoms with E-state index in [9.17, 15) is 0 Å². The van der Waals surface area contributed by atoms with E-state index in [1.165, 1.54) is 0 Å². The van der Waals surface area contributed by atoms with Gasteiger partial charge in [-0.2, -0.15) is 0 Å². The molecule has 0 atom stereocenters. The number of benzene rings is 1. The van der Waals surface area contributed by atoms with Gasteiger partial charge in [0.25, 0.3) is 0 Å². The average Bonchev–Trinajstić information content (AvgIpc) is 2.16. The Balaban J connectivity index is 2.01. The Hall–Kier alpha value is -1.06. The summed E-state index contributed by atoms with van der Waals surface area (Å²) in [5.41, 5.74) is 6.71. The Morgan fingerprint density at radius 1 is 1.43 bits per heavy atom. The molecule has 2 rings (SSSR count). The van der Waals surface area contributed by atoms with Crippen LogP contribution in [-0.4, -0.2) is 31.1 Å². The van der Waals surface area contributed by atoms with Crippen molar-refractivity contribution in [2.45, 2.75) is 12.6 Å². The van der Waals surface area contributed by atoms with Crippen LogP contribution in [0.15, 0.2) is 24.3 Å². The van der Waals surface area contributed by atoms with Gasteiger partial charge < -0.3 is 10.5 Å². The molecule has 3 nitrogen and oxygen atoms in total. The number of hydrogen-bond donors (Lipinski definition) is 1. The number of ether oxygens (including phenoxy) is 1. The highest BCUT2D eigenvalue weighted by molar-refractivity contribution is 5.33. The molecule has 0 radical (unpaired) electrons. The van der Waals surface area contributed by atoms with Crippen molar-refractivity contribution in [3.63, 3.8) is 0 Å². The number of likely N-dealkylation sites (N-methyl/N-ethyl adjacent to an activating group) is 1. The van der Waals surface area contributed by atoms with Gasteiger partial charge in [-0.3, -0.25) is 4.90 Å². The van der Waals surface area contributed by atoms with E-state index in [2.05, 4.69) is 11.9 Å². The zero-order chi connectivity index (χ0) is 9.97. The van der Waals surface area contributed by atoms with Gasteiger partial charge in [0.1, 0.15) is 11.9 Å². The summed E-state index contributed by atoms with van der Waals surface area (Å²) in [6, 6.07) is 7.97. The topological polar surface area (TPSA) is 38.5 Å². The summed E-state index contributed by atoms with van der Waals surface area (Å²) in [7, 11) is 2.09. The minimum absolute atomic E-state index is 0.340. The van der Waals surface area contributed by atoms with Crippen molar-refractivity contribution < 1.29 is 4.74 Å². The number of hydrogen-bond acceptors (Lipinski definition) is 3. The SMILES string of the molecule is CN1CC(Oc2ccccc2CN)C1. The summed E-state index contributed by atoms with van der Waals surface area (Å²) < 4.78 is 5.82. The summed E-state index contributed by atoms with van der Waals surface area (Å²) in [6.07, 6.45) is 0.340. The highest BCUT2D eigenvalue weighted by atomic mass is 16.5. The van der Waals surface area contributed by atoms with Crippen molar-refractivity contribution in [2.24, 2.45) is 5.73 Å². The molecule has 1 aliphatic rings. The normalized spacial score (nSPS) is 17.9. The monoisotopic (exact) mass is 192 g/mol. The molecule has 1 aliphatic heterocycles. The molecule has 1 fully saturated rings. The number of para-hydroxylation sites is 1. The molecule has 0 aromatic heterocycles. The van der Waals surface area contributed by atoms with Gasteiger partial charge in [-0.15, -0.1) is 0 Å². The van der Waals surface area contributed by atoms with Crippen LogP contribution in [0.3, 0.4) is 0 Å². The molecule has 0 saturated carbocycles. The van der Waals surface area contributed by atoms with Crippen LogP contribution in [-0.2, 0) is 6.54 Å². The van der Waals surface area contributed by atoms with Crippen molar-refractivity contribution in [3.05, 3.63) is 29.8 Å². The fourth-order valence-corrected chi connectivity index (χ4v) is 1.68. The van der Waals surface area contributed by atoms with Gasteiger partial charge in [0.2, 0.25) is 0 Å². The molecule has 14 heavy (non-hydrogen) atoms. The summed E-state index contributed by atoms with van der Waals surface area (Å²) in [6.45, 7) is 2.57. The number of nitrogens with two attached hydrogens (primary N) is 1. The molecule has 0 spiro atoms. The van der Waals surface area contributed by atoms with Crippen LogP contribution in [0.1, 0.15) is 5.56 Å². The lowest BCUT2D eigenvalue weighted by atomic mass is 10.1. The molecule has 0 aliphatic carbocycles. The van der Waals surface area contributed by atoms with Crippen LogP contribution in [0.5, 0.6) is 5.75 Å². The number of likely N-dealkylation sites (tertiary alicyclic amines) is 1. The van der Waals surface area contributed by atoms with E-state index < -0.39 is 0 Å². The molecule has 1 aromatic carbocycles. The Bertz CT molecular complexity index is 308. The minimum Gasteiger partial charge on any atom is -0.487 e. The Labute approximate surface area is 84.5 Å². The van der Waals surface area contributed by atoms with Gasteiger partial charge in [0.15, 0.2) is 0 Å². The third-order valence-electron chi connectivity index (χ3n) is 2.52. The van der Waals surface area contributed by atoms with Crippen LogP contribution in [0, 0.1) is 0 Å². The van der Waals surface area contributed by atoms with Crippen molar-refractivity contribution >= 4 is 0 Å². The Morgan fingerprint density at radius 3 is 2.79 bits per heavy atom. The molecule has 2 N–H and O–H groups in total. The number of nitrogens with zero attached hydrogens (tertiary/aromatic N) is 1. The summed E-state index contributed by atoms with van der Waals surface area (Å²) in [4.78, 5) is 2.23. The molecule has 3 heteroatoms. The van der Waals surface area contributed by atoms with Crippen LogP contribution >= 0.6 is 0 Å². The first-order chi connectivity index (χ1) is 6.79. The van der Waals surface area contributed by atoms with Crippen LogP contribution in [0.4, 0.5) is 0 Å². The second-order valence-corrected chi connectivity index (χ2v) is 3.77. The zero-order valence-electron chi connectivity index (χ0n) is 8.44. The summed E-state index contributed by atoms with van der Waals surface area (Å²) in [5, 5.41) is 0. The summed E-state index contributed by atoms with van der Waals surface area (Å²) >= 11 is 0. The smallest absolute Gasteiger partial charge is 0.124 e. The standard InChI is InChI=1S/C11H16N2O/c1-13-7-10(8-13)14-11-5-3-2-4-9(11)6-12/h2-5,10H,6-8,12H2,1H3. The lowest BCUT2D eigenvalue weighted by molar-refractivity contribution is 0.0382. The van der Waals surface area contributed by atoms with Gasteiger partial charge >= 0.3 is 0 Å². The van der Waals surface area contributed by atoms with E-state index in [-0.39, 0.29) is 0 Å². The Morgan fingerprint density at radius 2 is 2.14 bits per heavy atom. The van der Waals surface area contributed by atoms with Crippen molar-refractivity contribution in [1.29, 1.82) is 0 Å². The van der Waals surface area contributed by atoms with Gasteiger partial charge in [0, 0.05) is 25.2 Å². The van der Waals surface area contributed by atoms with Crippen LogP contribution < -0.4 is 10.5 Å². The lowest BCUT2D eigenvalue weighted by Gasteiger charge is -2.36. The first-order valence-corrected chi connectivity index (χ1v) is 4.93. The van der Waals surface area contributed by atoms with Gasteiger partial charge in [-0.25, -0.2) is 0 Å². The van der Waals surface area contributed by atoms with E-state index in [0.29, 0.717) is 12.6 Å². The van der Waals surface area contributed by atoms with Crippen LogP contribution in [0.2, 0.25) is 0 Å². The number of rotatable bonds is 3. The predicted octanol–water partition coefficient (Wildman–Crippen LogP) is 0.838. The van der Waals surface area contributed by atoms with E-state index in [4.69, 9.17) is 10.5 Å². The van der Waals surface area contributed by atoms with E-state index in [1.807, 2.05) is 24.3 Å². The maximum atomic E-state index is 5.82. The van der Waals surface area contributed by atoms with Crippen molar-refractivity contribution in [2.75, 3.05) is 20.1 Å². The van der Waals surface area contributed by atoms with Gasteiger partial charge in [0.05, 0.1) is 0 Å². The van der Waals surface area contributed by atoms with E-state index in [0.717, 1.165) is 24.4 Å². The molecule has 1 aromatic rings. The quantitative estimate of drug-likeness (QED) is 0.771. The average molecular weight is 192 g/mol. The molecule has 1 saturated heterocycles. The second kappa shape index (κ2) is 3.98. The third-order valence-corrected chi connectivity index (χ3v) is 2.52. The molecule has 0 unspecified atom stereocenters. The van der Waals surface area contributed by atoms with Gasteiger partial charge in [-0.05, 0) is 13.1 Å². The van der Waals surface area contributed by atoms with E-state index >= 15 is 0 Å². The predicted molar refractivity (Wildman–Crippen MR) is 56.2 cm³/mol. The van der Waals surface area contributed by atoms with Crippen molar-refractivity contribution in [1.82, 2.24) is 4.90 Å². The highest BCUT2D eigenvalue weighted by Gasteiger charge is 2.25. The molecule has 0 amide bonds. The van der Waals surface area contributed by atoms with Gasteiger partial charge in [-0.1, -0.05) is 18.2 Å². The molecule has 76 valence electrons. The molecular weight excluding hydrogens is 176 g/mol. The van der Waals surface area contributed by atoms with Crippen LogP contribution in [0.25, 0.3) is 0 Å².